The number of ether oxygens (including phenoxy) is 1. The molecule has 0 saturated carbocycles. The van der Waals surface area contributed by atoms with Crippen molar-refractivity contribution in [3.05, 3.63) is 0 Å². The van der Waals surface area contributed by atoms with Crippen LogP contribution in [0.2, 0.25) is 0 Å². The number of carbonyl (C=O) groups excluding carboxylic acids is 1. The highest BCUT2D eigenvalue weighted by Gasteiger charge is 2.19. The molecule has 0 aliphatic carbocycles. The molecule has 0 aromatic rings. The molecule has 5 N–H and O–H groups in total. The van der Waals surface area contributed by atoms with Gasteiger partial charge in [-0.05, 0) is 0 Å². The molecule has 9 nitrogen and oxygen atoms in total. The van der Waals surface area contributed by atoms with Crippen LogP contribution in [-0.4, -0.2) is 52.6 Å². The third-order valence-corrected chi connectivity index (χ3v) is 1.44. The number of hydroxylamine groups is 1. The summed E-state index contributed by atoms with van der Waals surface area (Å²) in [6, 6.07) is -1.43. The summed E-state index contributed by atoms with van der Waals surface area (Å²) in [5.41, 5.74) is 1.35. The number of carbonyl (C=O) groups is 3. The lowest BCUT2D eigenvalue weighted by molar-refractivity contribution is -0.148. The van der Waals surface area contributed by atoms with Gasteiger partial charge in [0.2, 0.25) is 0 Å². The second-order valence-corrected chi connectivity index (χ2v) is 2.68. The zero-order valence-electron chi connectivity index (χ0n) is 8.17. The van der Waals surface area contributed by atoms with E-state index in [4.69, 9.17) is 15.4 Å². The van der Waals surface area contributed by atoms with Gasteiger partial charge in [-0.1, -0.05) is 0 Å². The standard InChI is InChI=1S/C4H7NO5.C3H5NO2/c6-3(7)1-2(5-10)4(8)9;5-3-4-1-2-6-3/h2,5,10H,1H2,(H,6,7)(H,8,9);1-2H2,(H,4,5). The molecule has 0 aromatic carbocycles. The van der Waals surface area contributed by atoms with Crippen molar-refractivity contribution in [1.82, 2.24) is 10.8 Å². The largest absolute Gasteiger partial charge is 0.481 e. The van der Waals surface area contributed by atoms with Crippen molar-refractivity contribution in [2.75, 3.05) is 13.2 Å². The van der Waals surface area contributed by atoms with E-state index in [1.807, 2.05) is 0 Å². The topological polar surface area (TPSA) is 145 Å². The first-order valence-corrected chi connectivity index (χ1v) is 4.22. The molecule has 1 saturated heterocycles. The minimum atomic E-state index is -1.43. The normalized spacial score (nSPS) is 15.2. The predicted octanol–water partition coefficient (Wildman–Crippen LogP) is -1.38. The Balaban J connectivity index is 0.000000315. The molecule has 16 heavy (non-hydrogen) atoms. The van der Waals surface area contributed by atoms with Gasteiger partial charge in [0, 0.05) is 0 Å². The Morgan fingerprint density at radius 3 is 2.25 bits per heavy atom. The van der Waals surface area contributed by atoms with Crippen molar-refractivity contribution in [3.8, 4) is 0 Å². The minimum Gasteiger partial charge on any atom is -0.481 e. The first-order chi connectivity index (χ1) is 7.47. The zero-order valence-corrected chi connectivity index (χ0v) is 8.17. The van der Waals surface area contributed by atoms with Gasteiger partial charge in [-0.3, -0.25) is 9.59 Å². The molecule has 1 atom stereocenters. The predicted molar refractivity (Wildman–Crippen MR) is 47.9 cm³/mol. The van der Waals surface area contributed by atoms with Gasteiger partial charge in [0.05, 0.1) is 13.0 Å². The molecule has 1 amide bonds. The number of carboxylic acids is 2. The first-order valence-electron chi connectivity index (χ1n) is 4.22. The van der Waals surface area contributed by atoms with Crippen LogP contribution >= 0.6 is 0 Å². The van der Waals surface area contributed by atoms with E-state index < -0.39 is 24.4 Å². The lowest BCUT2D eigenvalue weighted by Crippen LogP contribution is -2.36. The molecule has 1 fully saturated rings. The van der Waals surface area contributed by atoms with E-state index >= 15 is 0 Å². The molecule has 0 spiro atoms. The molecule has 1 aliphatic rings. The second-order valence-electron chi connectivity index (χ2n) is 2.68. The van der Waals surface area contributed by atoms with Crippen molar-refractivity contribution in [3.63, 3.8) is 0 Å². The highest BCUT2D eigenvalue weighted by Crippen LogP contribution is 1.89. The summed E-state index contributed by atoms with van der Waals surface area (Å²) in [7, 11) is 0. The van der Waals surface area contributed by atoms with Crippen LogP contribution in [0.15, 0.2) is 0 Å². The average Bonchev–Trinajstić information content (AvgIpc) is 2.65. The van der Waals surface area contributed by atoms with Gasteiger partial charge in [0.25, 0.3) is 0 Å². The number of aliphatic carboxylic acids is 2. The zero-order chi connectivity index (χ0) is 12.6. The van der Waals surface area contributed by atoms with Crippen molar-refractivity contribution >= 4 is 18.0 Å². The van der Waals surface area contributed by atoms with E-state index in [9.17, 15) is 14.4 Å². The van der Waals surface area contributed by atoms with Gasteiger partial charge in [-0.15, -0.1) is 0 Å². The van der Waals surface area contributed by atoms with Gasteiger partial charge in [-0.25, -0.2) is 4.79 Å². The van der Waals surface area contributed by atoms with E-state index in [1.165, 1.54) is 5.48 Å². The summed E-state index contributed by atoms with van der Waals surface area (Å²) >= 11 is 0. The third kappa shape index (κ3) is 6.56. The Labute approximate surface area is 90.0 Å². The molecule has 0 radical (unpaired) electrons. The van der Waals surface area contributed by atoms with Crippen LogP contribution in [-0.2, 0) is 14.3 Å². The summed E-state index contributed by atoms with van der Waals surface area (Å²) in [6.45, 7) is 1.19. The average molecular weight is 236 g/mol. The molecule has 1 aliphatic heterocycles. The Hall–Kier alpha value is -1.87. The molecule has 1 rings (SSSR count). The van der Waals surface area contributed by atoms with Gasteiger partial charge >= 0.3 is 18.0 Å². The molecule has 1 heterocycles. The maximum absolute atomic E-state index is 9.98. The molecular formula is C7H12N2O7. The minimum absolute atomic E-state index is 0.296. The van der Waals surface area contributed by atoms with Crippen LogP contribution in [0.1, 0.15) is 6.42 Å². The fraction of sp³-hybridized carbons (Fsp3) is 0.571. The number of hydrogen-bond donors (Lipinski definition) is 5. The maximum Gasteiger partial charge on any atom is 0.407 e. The fourth-order valence-electron chi connectivity index (χ4n) is 0.711. The van der Waals surface area contributed by atoms with Crippen molar-refractivity contribution < 1.29 is 34.5 Å². The van der Waals surface area contributed by atoms with Crippen molar-refractivity contribution in [1.29, 1.82) is 0 Å². The van der Waals surface area contributed by atoms with E-state index in [2.05, 4.69) is 10.1 Å². The SMILES string of the molecule is O=C(O)CC(NO)C(=O)O.O=C1NCCO1. The van der Waals surface area contributed by atoms with Gasteiger partial charge in [-0.2, -0.15) is 5.48 Å². The quantitative estimate of drug-likeness (QED) is 0.375. The van der Waals surface area contributed by atoms with Crippen LogP contribution in [0.5, 0.6) is 0 Å². The highest BCUT2D eigenvalue weighted by molar-refractivity contribution is 5.80. The Morgan fingerprint density at radius 1 is 1.50 bits per heavy atom. The third-order valence-electron chi connectivity index (χ3n) is 1.44. The summed E-state index contributed by atoms with van der Waals surface area (Å²) in [5, 5.41) is 26.7. The maximum atomic E-state index is 9.98. The van der Waals surface area contributed by atoms with Crippen LogP contribution in [0, 0.1) is 0 Å². The smallest absolute Gasteiger partial charge is 0.407 e. The number of amides is 1. The molecular weight excluding hydrogens is 224 g/mol. The van der Waals surface area contributed by atoms with Crippen LogP contribution in [0.3, 0.4) is 0 Å². The Morgan fingerprint density at radius 2 is 2.12 bits per heavy atom. The number of nitrogens with one attached hydrogen (secondary N) is 2. The number of cyclic esters (lactones) is 1. The van der Waals surface area contributed by atoms with Gasteiger partial charge in [0.15, 0.2) is 0 Å². The van der Waals surface area contributed by atoms with Gasteiger partial charge < -0.3 is 25.5 Å². The summed E-state index contributed by atoms with van der Waals surface area (Å²) in [5.74, 6) is -2.68. The number of alkyl carbamates (subject to hydrolysis) is 1. The number of rotatable bonds is 4. The van der Waals surface area contributed by atoms with E-state index in [0.29, 0.717) is 13.2 Å². The van der Waals surface area contributed by atoms with Crippen LogP contribution in [0.25, 0.3) is 0 Å². The van der Waals surface area contributed by atoms with Crippen molar-refractivity contribution in [2.45, 2.75) is 12.5 Å². The molecule has 0 aromatic heterocycles. The second kappa shape index (κ2) is 7.43. The summed E-state index contributed by atoms with van der Waals surface area (Å²) < 4.78 is 4.40. The molecule has 92 valence electrons. The Kier molecular flexibility index (Phi) is 6.56. The molecule has 0 bridgehead atoms. The number of carboxylic acid groups (broad SMARTS) is 2. The monoisotopic (exact) mass is 236 g/mol. The molecule has 1 unspecified atom stereocenters. The highest BCUT2D eigenvalue weighted by atomic mass is 16.6. The Bertz CT molecular complexity index is 259. The number of hydrogen-bond acceptors (Lipinski definition) is 6. The summed E-state index contributed by atoms with van der Waals surface area (Å²) in [4.78, 5) is 29.7. The first kappa shape index (κ1) is 14.1. The van der Waals surface area contributed by atoms with E-state index in [-0.39, 0.29) is 6.09 Å². The van der Waals surface area contributed by atoms with Crippen molar-refractivity contribution in [2.24, 2.45) is 0 Å². The van der Waals surface area contributed by atoms with Gasteiger partial charge in [0.1, 0.15) is 12.6 Å². The van der Waals surface area contributed by atoms with E-state index in [0.717, 1.165) is 0 Å². The fourth-order valence-corrected chi connectivity index (χ4v) is 0.711. The van der Waals surface area contributed by atoms with E-state index in [1.54, 1.807) is 0 Å². The molecule has 9 heteroatoms. The lowest BCUT2D eigenvalue weighted by atomic mass is 10.2. The van der Waals surface area contributed by atoms with Crippen LogP contribution < -0.4 is 10.8 Å². The lowest BCUT2D eigenvalue weighted by Gasteiger charge is -2.04. The van der Waals surface area contributed by atoms with Crippen LogP contribution in [0.4, 0.5) is 4.79 Å². The summed E-state index contributed by atoms with van der Waals surface area (Å²) in [6.07, 6.45) is -0.943.